The van der Waals surface area contributed by atoms with E-state index in [-0.39, 0.29) is 10.6 Å². The van der Waals surface area contributed by atoms with Crippen LogP contribution in [-0.2, 0) is 0 Å². The predicted octanol–water partition coefficient (Wildman–Crippen LogP) is 3.88. The first kappa shape index (κ1) is 9.61. The van der Waals surface area contributed by atoms with Crippen LogP contribution in [0.1, 0.15) is 5.56 Å². The molecular weight excluding hydrogens is 266 g/mol. The Balaban J connectivity index is 2.82. The van der Waals surface area contributed by atoms with E-state index in [4.69, 9.17) is 0 Å². The number of benzene rings is 1. The van der Waals surface area contributed by atoms with Crippen molar-refractivity contribution in [1.29, 1.82) is 0 Å². The van der Waals surface area contributed by atoms with Gasteiger partial charge in [-0.3, -0.25) is 10.1 Å². The Morgan fingerprint density at radius 1 is 1.50 bits per heavy atom. The van der Waals surface area contributed by atoms with Gasteiger partial charge in [0.05, 0.1) is 4.92 Å². The first-order chi connectivity index (χ1) is 6.61. The quantitative estimate of drug-likeness (QED) is 0.584. The SMILES string of the molecule is Cc1c([N+](=O)[O-])ccc2c(Br)csc12. The molecule has 0 amide bonds. The monoisotopic (exact) mass is 271 g/mol. The minimum absolute atomic E-state index is 0.187. The Bertz CT molecular complexity index is 521. The highest BCUT2D eigenvalue weighted by Gasteiger charge is 2.14. The van der Waals surface area contributed by atoms with Crippen LogP contribution in [0, 0.1) is 17.0 Å². The molecule has 0 bridgehead atoms. The second-order valence-electron chi connectivity index (χ2n) is 2.93. The van der Waals surface area contributed by atoms with E-state index >= 15 is 0 Å². The molecule has 0 radical (unpaired) electrons. The number of nitrogens with zero attached hydrogens (tertiary/aromatic N) is 1. The molecule has 0 N–H and O–H groups in total. The zero-order valence-electron chi connectivity index (χ0n) is 7.28. The highest BCUT2D eigenvalue weighted by molar-refractivity contribution is 9.10. The molecule has 0 aliphatic heterocycles. The van der Waals surface area contributed by atoms with Crippen molar-refractivity contribution in [3.05, 3.63) is 37.7 Å². The zero-order chi connectivity index (χ0) is 10.3. The van der Waals surface area contributed by atoms with Gasteiger partial charge in [0.25, 0.3) is 5.69 Å². The largest absolute Gasteiger partial charge is 0.273 e. The minimum Gasteiger partial charge on any atom is -0.258 e. The van der Waals surface area contributed by atoms with E-state index in [0.29, 0.717) is 0 Å². The highest BCUT2D eigenvalue weighted by Crippen LogP contribution is 2.36. The summed E-state index contributed by atoms with van der Waals surface area (Å²) in [7, 11) is 0. The third-order valence-corrected chi connectivity index (χ3v) is 4.19. The van der Waals surface area contributed by atoms with Crippen LogP contribution >= 0.6 is 27.3 Å². The van der Waals surface area contributed by atoms with E-state index in [1.54, 1.807) is 19.1 Å². The molecule has 0 saturated heterocycles. The van der Waals surface area contributed by atoms with Gasteiger partial charge in [-0.1, -0.05) is 0 Å². The minimum atomic E-state index is -0.345. The molecule has 72 valence electrons. The number of fused-ring (bicyclic) bond motifs is 1. The Morgan fingerprint density at radius 2 is 2.21 bits per heavy atom. The van der Waals surface area contributed by atoms with Crippen molar-refractivity contribution in [2.45, 2.75) is 6.92 Å². The lowest BCUT2D eigenvalue weighted by atomic mass is 10.1. The maximum Gasteiger partial charge on any atom is 0.273 e. The van der Waals surface area contributed by atoms with Crippen molar-refractivity contribution in [3.63, 3.8) is 0 Å². The molecular formula is C9H6BrNO2S. The molecule has 14 heavy (non-hydrogen) atoms. The number of hydrogen-bond donors (Lipinski definition) is 0. The molecule has 0 atom stereocenters. The third-order valence-electron chi connectivity index (χ3n) is 2.11. The van der Waals surface area contributed by atoms with E-state index in [2.05, 4.69) is 15.9 Å². The van der Waals surface area contributed by atoms with Crippen LogP contribution in [0.4, 0.5) is 5.69 Å². The number of nitro benzene ring substituents is 1. The first-order valence-electron chi connectivity index (χ1n) is 3.92. The fourth-order valence-electron chi connectivity index (χ4n) is 1.39. The van der Waals surface area contributed by atoms with Crippen LogP contribution in [0.5, 0.6) is 0 Å². The lowest BCUT2D eigenvalue weighted by Crippen LogP contribution is -1.90. The average Bonchev–Trinajstić information content (AvgIpc) is 2.49. The molecule has 2 aromatic rings. The van der Waals surface area contributed by atoms with Gasteiger partial charge in [-0.2, -0.15) is 0 Å². The van der Waals surface area contributed by atoms with Crippen LogP contribution in [-0.4, -0.2) is 4.92 Å². The second-order valence-corrected chi connectivity index (χ2v) is 4.66. The van der Waals surface area contributed by atoms with Crippen molar-refractivity contribution in [3.8, 4) is 0 Å². The Hall–Kier alpha value is -0.940. The summed E-state index contributed by atoms with van der Waals surface area (Å²) in [6, 6.07) is 3.33. The molecule has 0 unspecified atom stereocenters. The van der Waals surface area contributed by atoms with Gasteiger partial charge in [-0.05, 0) is 28.9 Å². The molecule has 1 aromatic carbocycles. The van der Waals surface area contributed by atoms with Gasteiger partial charge < -0.3 is 0 Å². The lowest BCUT2D eigenvalue weighted by molar-refractivity contribution is -0.385. The molecule has 0 fully saturated rings. The fraction of sp³-hybridized carbons (Fsp3) is 0.111. The van der Waals surface area contributed by atoms with Crippen LogP contribution in [0.15, 0.2) is 22.0 Å². The van der Waals surface area contributed by atoms with E-state index in [1.807, 2.05) is 5.38 Å². The maximum absolute atomic E-state index is 10.7. The molecule has 0 spiro atoms. The summed E-state index contributed by atoms with van der Waals surface area (Å²) in [6.07, 6.45) is 0. The molecule has 1 heterocycles. The molecule has 2 rings (SSSR count). The zero-order valence-corrected chi connectivity index (χ0v) is 9.68. The normalized spacial score (nSPS) is 10.7. The topological polar surface area (TPSA) is 43.1 Å². The summed E-state index contributed by atoms with van der Waals surface area (Å²) < 4.78 is 1.97. The number of aryl methyl sites for hydroxylation is 1. The van der Waals surface area contributed by atoms with Gasteiger partial charge in [0.1, 0.15) is 0 Å². The van der Waals surface area contributed by atoms with Crippen molar-refractivity contribution in [2.75, 3.05) is 0 Å². The number of hydrogen-bond acceptors (Lipinski definition) is 3. The lowest BCUT2D eigenvalue weighted by Gasteiger charge is -1.98. The summed E-state index contributed by atoms with van der Waals surface area (Å²) >= 11 is 4.92. The third kappa shape index (κ3) is 1.33. The average molecular weight is 272 g/mol. The van der Waals surface area contributed by atoms with E-state index in [1.165, 1.54) is 11.3 Å². The van der Waals surface area contributed by atoms with Crippen LogP contribution in [0.2, 0.25) is 0 Å². The number of thiophene rings is 1. The standard InChI is InChI=1S/C9H6BrNO2S/c1-5-8(11(12)13)3-2-6-7(10)4-14-9(5)6/h2-4H,1H3. The second kappa shape index (κ2) is 3.33. The molecule has 0 aliphatic carbocycles. The van der Waals surface area contributed by atoms with Gasteiger partial charge in [0.15, 0.2) is 0 Å². The Kier molecular flexibility index (Phi) is 2.28. The molecule has 0 saturated carbocycles. The number of halogens is 1. The van der Waals surface area contributed by atoms with Crippen LogP contribution < -0.4 is 0 Å². The summed E-state index contributed by atoms with van der Waals surface area (Å²) in [5, 5.41) is 13.7. The van der Waals surface area contributed by atoms with E-state index in [0.717, 1.165) is 20.1 Å². The maximum atomic E-state index is 10.7. The predicted molar refractivity (Wildman–Crippen MR) is 60.9 cm³/mol. The summed E-state index contributed by atoms with van der Waals surface area (Å²) in [6.45, 7) is 1.78. The molecule has 1 aromatic heterocycles. The van der Waals surface area contributed by atoms with Crippen LogP contribution in [0.3, 0.4) is 0 Å². The summed E-state index contributed by atoms with van der Waals surface area (Å²) in [5.41, 5.74) is 0.926. The van der Waals surface area contributed by atoms with Gasteiger partial charge in [-0.15, -0.1) is 11.3 Å². The van der Waals surface area contributed by atoms with Crippen molar-refractivity contribution in [2.24, 2.45) is 0 Å². The summed E-state index contributed by atoms with van der Waals surface area (Å²) in [5.74, 6) is 0. The van der Waals surface area contributed by atoms with E-state index < -0.39 is 0 Å². The van der Waals surface area contributed by atoms with Gasteiger partial charge in [0, 0.05) is 31.6 Å². The van der Waals surface area contributed by atoms with Gasteiger partial charge in [-0.25, -0.2) is 0 Å². The molecule has 5 heteroatoms. The Morgan fingerprint density at radius 3 is 2.86 bits per heavy atom. The molecule has 3 nitrogen and oxygen atoms in total. The Labute approximate surface area is 92.6 Å². The number of rotatable bonds is 1. The van der Waals surface area contributed by atoms with Crippen LogP contribution in [0.25, 0.3) is 10.1 Å². The van der Waals surface area contributed by atoms with Gasteiger partial charge >= 0.3 is 0 Å². The summed E-state index contributed by atoms with van der Waals surface area (Å²) in [4.78, 5) is 10.3. The van der Waals surface area contributed by atoms with Crippen molar-refractivity contribution >= 4 is 43.0 Å². The highest BCUT2D eigenvalue weighted by atomic mass is 79.9. The van der Waals surface area contributed by atoms with E-state index in [9.17, 15) is 10.1 Å². The smallest absolute Gasteiger partial charge is 0.258 e. The molecule has 0 aliphatic rings. The first-order valence-corrected chi connectivity index (χ1v) is 5.59. The number of nitro groups is 1. The fourth-order valence-corrected chi connectivity index (χ4v) is 3.07. The van der Waals surface area contributed by atoms with Gasteiger partial charge in [0.2, 0.25) is 0 Å². The van der Waals surface area contributed by atoms with Crippen molar-refractivity contribution in [1.82, 2.24) is 0 Å². The van der Waals surface area contributed by atoms with Crippen molar-refractivity contribution < 1.29 is 4.92 Å².